The fraction of sp³-hybridized carbons (Fsp3) is 0.444. The minimum Gasteiger partial charge on any atom is -0.370 e. The van der Waals surface area contributed by atoms with Crippen LogP contribution in [0.3, 0.4) is 0 Å². The summed E-state index contributed by atoms with van der Waals surface area (Å²) in [6.07, 6.45) is 1.14. The number of carbonyl (C=O) groups is 1. The average molecular weight is 314 g/mol. The van der Waals surface area contributed by atoms with Crippen LogP contribution in [0.2, 0.25) is 0 Å². The first-order valence-electron chi connectivity index (χ1n) is 8.04. The van der Waals surface area contributed by atoms with Crippen LogP contribution >= 0.6 is 0 Å². The maximum atomic E-state index is 12.0. The number of carbonyl (C=O) groups excluding carboxylic acids is 1. The third-order valence-corrected chi connectivity index (χ3v) is 4.36. The molecule has 1 aromatic carbocycles. The van der Waals surface area contributed by atoms with Crippen molar-refractivity contribution >= 4 is 11.6 Å². The summed E-state index contributed by atoms with van der Waals surface area (Å²) in [4.78, 5) is 14.2. The Morgan fingerprint density at radius 1 is 1.30 bits per heavy atom. The van der Waals surface area contributed by atoms with Crippen molar-refractivity contribution in [3.05, 3.63) is 47.3 Å². The van der Waals surface area contributed by atoms with Crippen molar-refractivity contribution in [1.29, 1.82) is 0 Å². The summed E-state index contributed by atoms with van der Waals surface area (Å²) in [5.74, 6) is 0.0679. The van der Waals surface area contributed by atoms with E-state index in [0.29, 0.717) is 19.4 Å². The zero-order valence-corrected chi connectivity index (χ0v) is 14.4. The topological polar surface area (TPSA) is 61.0 Å². The largest absolute Gasteiger partial charge is 0.370 e. The molecule has 1 heterocycles. The van der Waals surface area contributed by atoms with Crippen LogP contribution in [-0.2, 0) is 11.2 Å². The summed E-state index contributed by atoms with van der Waals surface area (Å²) in [5.41, 5.74) is 4.34. The average Bonchev–Trinajstić information content (AvgIpc) is 2.89. The first-order chi connectivity index (χ1) is 11.0. The summed E-state index contributed by atoms with van der Waals surface area (Å²) in [6, 6.07) is 10.4. The summed E-state index contributed by atoms with van der Waals surface area (Å²) in [6.45, 7) is 6.76. The van der Waals surface area contributed by atoms with Gasteiger partial charge in [-0.15, -0.1) is 0 Å². The molecule has 2 aromatic rings. The number of nitrogens with one attached hydrogen (secondary N) is 2. The molecule has 0 radical (unpaired) electrons. The molecule has 0 spiro atoms. The number of rotatable bonds is 7. The third kappa shape index (κ3) is 4.58. The summed E-state index contributed by atoms with van der Waals surface area (Å²) in [7, 11) is 2.04. The molecule has 5 nitrogen and oxygen atoms in total. The predicted molar refractivity (Wildman–Crippen MR) is 93.7 cm³/mol. The van der Waals surface area contributed by atoms with E-state index in [9.17, 15) is 4.79 Å². The molecule has 0 saturated carbocycles. The van der Waals surface area contributed by atoms with Gasteiger partial charge in [-0.05, 0) is 38.5 Å². The molecule has 0 aliphatic heterocycles. The second-order valence-electron chi connectivity index (χ2n) is 6.02. The Labute approximate surface area is 138 Å². The fourth-order valence-corrected chi connectivity index (χ4v) is 2.42. The number of benzene rings is 1. The molecular weight excluding hydrogens is 288 g/mol. The summed E-state index contributed by atoms with van der Waals surface area (Å²) in [5, 5.41) is 10.2. The molecule has 0 unspecified atom stereocenters. The van der Waals surface area contributed by atoms with Gasteiger partial charge in [0.1, 0.15) is 0 Å². The summed E-state index contributed by atoms with van der Waals surface area (Å²) < 4.78 is 0. The van der Waals surface area contributed by atoms with Gasteiger partial charge >= 0.3 is 0 Å². The molecule has 0 aliphatic carbocycles. The van der Waals surface area contributed by atoms with Crippen LogP contribution in [0.5, 0.6) is 0 Å². The van der Waals surface area contributed by atoms with Gasteiger partial charge in [0.2, 0.25) is 5.91 Å². The Morgan fingerprint density at radius 3 is 2.61 bits per heavy atom. The lowest BCUT2D eigenvalue weighted by Gasteiger charge is -2.27. The number of likely N-dealkylation sites (N-methyl/N-ethyl adjacent to an activating group) is 1. The van der Waals surface area contributed by atoms with Gasteiger partial charge in [0, 0.05) is 43.9 Å². The van der Waals surface area contributed by atoms with E-state index in [-0.39, 0.29) is 11.9 Å². The number of nitrogens with zero attached hydrogens (tertiary/aromatic N) is 2. The zero-order chi connectivity index (χ0) is 16.8. The molecular formula is C18H26N4O. The van der Waals surface area contributed by atoms with E-state index in [4.69, 9.17) is 0 Å². The van der Waals surface area contributed by atoms with Gasteiger partial charge in [0.25, 0.3) is 0 Å². The van der Waals surface area contributed by atoms with Gasteiger partial charge in [0.15, 0.2) is 0 Å². The Morgan fingerprint density at radius 2 is 2.00 bits per heavy atom. The number of para-hydroxylation sites is 1. The first-order valence-corrected chi connectivity index (χ1v) is 8.04. The van der Waals surface area contributed by atoms with E-state index in [1.54, 1.807) is 0 Å². The van der Waals surface area contributed by atoms with Crippen molar-refractivity contribution in [3.63, 3.8) is 0 Å². The molecule has 1 atom stereocenters. The van der Waals surface area contributed by atoms with Crippen molar-refractivity contribution in [2.24, 2.45) is 0 Å². The number of hydrogen-bond donors (Lipinski definition) is 2. The Hall–Kier alpha value is -2.30. The quantitative estimate of drug-likeness (QED) is 0.826. The molecule has 2 N–H and O–H groups in total. The number of aryl methyl sites for hydroxylation is 2. The van der Waals surface area contributed by atoms with Gasteiger partial charge in [-0.2, -0.15) is 5.10 Å². The van der Waals surface area contributed by atoms with Crippen LogP contribution in [0.1, 0.15) is 30.3 Å². The molecule has 1 aromatic heterocycles. The summed E-state index contributed by atoms with van der Waals surface area (Å²) >= 11 is 0. The maximum Gasteiger partial charge on any atom is 0.220 e. The van der Waals surface area contributed by atoms with E-state index >= 15 is 0 Å². The maximum absolute atomic E-state index is 12.0. The van der Waals surface area contributed by atoms with Gasteiger partial charge in [0.05, 0.1) is 5.69 Å². The van der Waals surface area contributed by atoms with E-state index in [1.165, 1.54) is 0 Å². The zero-order valence-electron chi connectivity index (χ0n) is 14.4. The lowest BCUT2D eigenvalue weighted by Crippen LogP contribution is -2.40. The predicted octanol–water partition coefficient (Wildman–Crippen LogP) is 2.60. The third-order valence-electron chi connectivity index (χ3n) is 4.36. The SMILES string of the molecule is Cc1[nH]nc(CCC(=O)NC[C@H](C)N(C)c2ccccc2)c1C. The van der Waals surface area contributed by atoms with E-state index in [0.717, 1.165) is 22.6 Å². The monoisotopic (exact) mass is 314 g/mol. The van der Waals surface area contributed by atoms with Crippen molar-refractivity contribution < 1.29 is 4.79 Å². The molecule has 2 rings (SSSR count). The number of aromatic nitrogens is 2. The molecule has 0 aliphatic rings. The highest BCUT2D eigenvalue weighted by Gasteiger charge is 2.12. The minimum absolute atomic E-state index is 0.0679. The van der Waals surface area contributed by atoms with Crippen molar-refractivity contribution in [2.45, 2.75) is 39.7 Å². The molecule has 0 bridgehead atoms. The van der Waals surface area contributed by atoms with Crippen LogP contribution in [0.4, 0.5) is 5.69 Å². The van der Waals surface area contributed by atoms with Crippen molar-refractivity contribution in [3.8, 4) is 0 Å². The molecule has 0 saturated heterocycles. The fourth-order valence-electron chi connectivity index (χ4n) is 2.42. The normalized spacial score (nSPS) is 12.0. The number of aromatic amines is 1. The first kappa shape index (κ1) is 17.1. The highest BCUT2D eigenvalue weighted by Crippen LogP contribution is 2.14. The van der Waals surface area contributed by atoms with Gasteiger partial charge in [-0.3, -0.25) is 9.89 Å². The van der Waals surface area contributed by atoms with E-state index < -0.39 is 0 Å². The van der Waals surface area contributed by atoms with Crippen molar-refractivity contribution in [2.75, 3.05) is 18.5 Å². The molecule has 1 amide bonds. The van der Waals surface area contributed by atoms with Gasteiger partial charge in [-0.25, -0.2) is 0 Å². The Balaban J connectivity index is 1.76. The molecule has 23 heavy (non-hydrogen) atoms. The highest BCUT2D eigenvalue weighted by molar-refractivity contribution is 5.76. The second kappa shape index (κ2) is 7.81. The molecule has 124 valence electrons. The van der Waals surface area contributed by atoms with Gasteiger partial charge in [-0.1, -0.05) is 18.2 Å². The standard InChI is InChI=1S/C18H26N4O/c1-13(22(4)16-8-6-5-7-9-16)12-19-18(23)11-10-17-14(2)15(3)20-21-17/h5-9,13H,10-12H2,1-4H3,(H,19,23)(H,20,21)/t13-/m0/s1. The lowest BCUT2D eigenvalue weighted by atomic mass is 10.1. The van der Waals surface area contributed by atoms with Crippen LogP contribution in [0.15, 0.2) is 30.3 Å². The Kier molecular flexibility index (Phi) is 5.79. The molecule has 0 fully saturated rings. The lowest BCUT2D eigenvalue weighted by molar-refractivity contribution is -0.121. The number of H-pyrrole nitrogens is 1. The van der Waals surface area contributed by atoms with Crippen molar-refractivity contribution in [1.82, 2.24) is 15.5 Å². The number of hydrogen-bond acceptors (Lipinski definition) is 3. The smallest absolute Gasteiger partial charge is 0.220 e. The van der Waals surface area contributed by atoms with Crippen LogP contribution < -0.4 is 10.2 Å². The minimum atomic E-state index is 0.0679. The second-order valence-corrected chi connectivity index (χ2v) is 6.02. The number of anilines is 1. The molecule has 5 heteroatoms. The Bertz CT molecular complexity index is 636. The number of amides is 1. The highest BCUT2D eigenvalue weighted by atomic mass is 16.1. The van der Waals surface area contributed by atoms with Crippen LogP contribution in [0.25, 0.3) is 0 Å². The van der Waals surface area contributed by atoms with E-state index in [1.807, 2.05) is 39.1 Å². The van der Waals surface area contributed by atoms with Gasteiger partial charge < -0.3 is 10.2 Å². The van der Waals surface area contributed by atoms with Crippen LogP contribution in [-0.4, -0.2) is 35.7 Å². The van der Waals surface area contributed by atoms with E-state index in [2.05, 4.69) is 39.5 Å². The van der Waals surface area contributed by atoms with Crippen LogP contribution in [0, 0.1) is 13.8 Å².